The van der Waals surface area contributed by atoms with Crippen LogP contribution in [0.1, 0.15) is 37.3 Å². The summed E-state index contributed by atoms with van der Waals surface area (Å²) in [6, 6.07) is 21.5. The molecule has 3 aromatic carbocycles. The molecule has 0 radical (unpaired) electrons. The molecule has 0 saturated heterocycles. The van der Waals surface area contributed by atoms with Crippen LogP contribution in [-0.4, -0.2) is 11.2 Å². The van der Waals surface area contributed by atoms with Gasteiger partial charge in [0.2, 0.25) is 0 Å². The van der Waals surface area contributed by atoms with Crippen LogP contribution in [0, 0.1) is 5.82 Å². The molecule has 3 aromatic rings. The van der Waals surface area contributed by atoms with Gasteiger partial charge in [-0.1, -0.05) is 78.9 Å². The first-order valence-electron chi connectivity index (χ1n) is 10.5. The molecule has 0 aliphatic carbocycles. The van der Waals surface area contributed by atoms with Gasteiger partial charge in [-0.25, -0.2) is 4.39 Å². The maximum Gasteiger partial charge on any atom is 0.131 e. The third-order valence-corrected chi connectivity index (χ3v) is 5.16. The lowest BCUT2D eigenvalue weighted by Crippen LogP contribution is -1.97. The van der Waals surface area contributed by atoms with E-state index in [9.17, 15) is 9.50 Å². The Morgan fingerprint density at radius 1 is 0.933 bits per heavy atom. The molecule has 0 amide bonds. The van der Waals surface area contributed by atoms with Crippen molar-refractivity contribution in [2.75, 3.05) is 0 Å². The Labute approximate surface area is 179 Å². The average Bonchev–Trinajstić information content (AvgIpc) is 2.75. The molecule has 0 heterocycles. The maximum atomic E-state index is 14.8. The van der Waals surface area contributed by atoms with E-state index in [2.05, 4.69) is 18.7 Å². The zero-order chi connectivity index (χ0) is 21.3. The number of halogens is 1. The van der Waals surface area contributed by atoms with Crippen molar-refractivity contribution >= 4 is 6.08 Å². The highest BCUT2D eigenvalue weighted by Gasteiger charge is 2.08. The Morgan fingerprint density at radius 2 is 1.60 bits per heavy atom. The first-order valence-corrected chi connectivity index (χ1v) is 10.5. The van der Waals surface area contributed by atoms with Crippen LogP contribution in [0.25, 0.3) is 28.3 Å². The summed E-state index contributed by atoms with van der Waals surface area (Å²) in [5, 5.41) is 9.29. The highest BCUT2D eigenvalue weighted by molar-refractivity contribution is 5.72. The molecule has 30 heavy (non-hydrogen) atoms. The van der Waals surface area contributed by atoms with Gasteiger partial charge in [0.25, 0.3) is 0 Å². The van der Waals surface area contributed by atoms with Gasteiger partial charge in [0, 0.05) is 5.56 Å². The zero-order valence-electron chi connectivity index (χ0n) is 17.5. The number of hydrogen-bond donors (Lipinski definition) is 1. The number of benzene rings is 3. The maximum absolute atomic E-state index is 14.8. The van der Waals surface area contributed by atoms with Gasteiger partial charge in [-0.3, -0.25) is 0 Å². The van der Waals surface area contributed by atoms with Gasteiger partial charge in [0.15, 0.2) is 0 Å². The van der Waals surface area contributed by atoms with Crippen LogP contribution in [0.4, 0.5) is 4.39 Å². The predicted molar refractivity (Wildman–Crippen MR) is 126 cm³/mol. The minimum Gasteiger partial charge on any atom is -0.393 e. The standard InChI is InChI=1S/C28H29FO/c1-3-7-22-12-16-25(17-13-22)27-19-18-26(20-28(27)29)24-14-10-23(11-15-24)9-6-4-5-8-21(2)30/h3,6,9-21,30H,1,4-5,7-8H2,2H3. The quantitative estimate of drug-likeness (QED) is 0.292. The van der Waals surface area contributed by atoms with Crippen LogP contribution in [-0.2, 0) is 6.42 Å². The van der Waals surface area contributed by atoms with E-state index in [4.69, 9.17) is 0 Å². The van der Waals surface area contributed by atoms with Gasteiger partial charge in [-0.2, -0.15) is 0 Å². The van der Waals surface area contributed by atoms with Gasteiger partial charge in [0.1, 0.15) is 5.82 Å². The van der Waals surface area contributed by atoms with Crippen LogP contribution in [0.2, 0.25) is 0 Å². The monoisotopic (exact) mass is 400 g/mol. The summed E-state index contributed by atoms with van der Waals surface area (Å²) in [5.74, 6) is -0.217. The summed E-state index contributed by atoms with van der Waals surface area (Å²) in [6.07, 6.45) is 9.42. The molecule has 3 rings (SSSR count). The van der Waals surface area contributed by atoms with Crippen molar-refractivity contribution in [3.05, 3.63) is 102 Å². The number of aliphatic hydroxyl groups excluding tert-OH is 1. The van der Waals surface area contributed by atoms with Crippen LogP contribution in [0.5, 0.6) is 0 Å². The molecule has 0 bridgehead atoms. The average molecular weight is 401 g/mol. The Kier molecular flexibility index (Phi) is 7.75. The van der Waals surface area contributed by atoms with Crippen molar-refractivity contribution in [3.8, 4) is 22.3 Å². The Bertz CT molecular complexity index is 982. The largest absolute Gasteiger partial charge is 0.393 e. The lowest BCUT2D eigenvalue weighted by Gasteiger charge is -2.08. The summed E-state index contributed by atoms with van der Waals surface area (Å²) in [5.41, 5.74) is 5.64. The molecule has 0 aliphatic rings. The molecule has 2 heteroatoms. The first kappa shape index (κ1) is 21.7. The van der Waals surface area contributed by atoms with E-state index >= 15 is 0 Å². The van der Waals surface area contributed by atoms with Crippen molar-refractivity contribution in [3.63, 3.8) is 0 Å². The van der Waals surface area contributed by atoms with Crippen molar-refractivity contribution in [2.45, 2.75) is 38.7 Å². The fraction of sp³-hybridized carbons (Fsp3) is 0.214. The summed E-state index contributed by atoms with van der Waals surface area (Å²) < 4.78 is 14.8. The van der Waals surface area contributed by atoms with E-state index in [0.29, 0.717) is 5.56 Å². The molecule has 1 unspecified atom stereocenters. The predicted octanol–water partition coefficient (Wildman–Crippen LogP) is 7.45. The minimum atomic E-state index is -0.235. The van der Waals surface area contributed by atoms with Crippen molar-refractivity contribution < 1.29 is 9.50 Å². The molecular weight excluding hydrogens is 371 g/mol. The molecule has 0 aliphatic heterocycles. The second-order valence-corrected chi connectivity index (χ2v) is 7.69. The highest BCUT2D eigenvalue weighted by Crippen LogP contribution is 2.28. The fourth-order valence-corrected chi connectivity index (χ4v) is 3.45. The van der Waals surface area contributed by atoms with Crippen molar-refractivity contribution in [1.29, 1.82) is 0 Å². The van der Waals surface area contributed by atoms with Crippen LogP contribution in [0.3, 0.4) is 0 Å². The Hall–Kier alpha value is -2.97. The Balaban J connectivity index is 1.68. The second kappa shape index (κ2) is 10.7. The topological polar surface area (TPSA) is 20.2 Å². The minimum absolute atomic E-state index is 0.217. The fourth-order valence-electron chi connectivity index (χ4n) is 3.45. The van der Waals surface area contributed by atoms with Gasteiger partial charge in [0.05, 0.1) is 6.10 Å². The summed E-state index contributed by atoms with van der Waals surface area (Å²) in [7, 11) is 0. The smallest absolute Gasteiger partial charge is 0.131 e. The van der Waals surface area contributed by atoms with E-state index < -0.39 is 0 Å². The van der Waals surface area contributed by atoms with Crippen LogP contribution >= 0.6 is 0 Å². The third kappa shape index (κ3) is 6.01. The molecule has 0 aromatic heterocycles. The van der Waals surface area contributed by atoms with Crippen molar-refractivity contribution in [1.82, 2.24) is 0 Å². The van der Waals surface area contributed by atoms with Crippen LogP contribution in [0.15, 0.2) is 85.5 Å². The Morgan fingerprint density at radius 3 is 2.23 bits per heavy atom. The molecular formula is C28H29FO. The SMILES string of the molecule is C=CCc1ccc(-c2ccc(-c3ccc(C=CCCCC(C)O)cc3)cc2F)cc1. The normalized spacial score (nSPS) is 12.2. The lowest BCUT2D eigenvalue weighted by atomic mass is 9.98. The summed E-state index contributed by atoms with van der Waals surface area (Å²) in [4.78, 5) is 0. The van der Waals surface area contributed by atoms with E-state index in [1.165, 1.54) is 5.56 Å². The van der Waals surface area contributed by atoms with Gasteiger partial charge in [-0.05, 0) is 66.5 Å². The zero-order valence-corrected chi connectivity index (χ0v) is 17.5. The van der Waals surface area contributed by atoms with Gasteiger partial charge in [-0.15, -0.1) is 6.58 Å². The molecule has 0 saturated carbocycles. The third-order valence-electron chi connectivity index (χ3n) is 5.16. The number of hydrogen-bond acceptors (Lipinski definition) is 1. The molecule has 154 valence electrons. The number of allylic oxidation sites excluding steroid dienone is 2. The molecule has 1 atom stereocenters. The van der Waals surface area contributed by atoms with E-state index in [0.717, 1.165) is 47.9 Å². The van der Waals surface area contributed by atoms with E-state index in [1.807, 2.05) is 73.7 Å². The second-order valence-electron chi connectivity index (χ2n) is 7.69. The van der Waals surface area contributed by atoms with Crippen molar-refractivity contribution in [2.24, 2.45) is 0 Å². The van der Waals surface area contributed by atoms with E-state index in [-0.39, 0.29) is 11.9 Å². The van der Waals surface area contributed by atoms with Gasteiger partial charge >= 0.3 is 0 Å². The number of unbranched alkanes of at least 4 members (excludes halogenated alkanes) is 1. The first-order chi connectivity index (χ1) is 14.6. The highest BCUT2D eigenvalue weighted by atomic mass is 19.1. The molecule has 1 N–H and O–H groups in total. The number of aliphatic hydroxyl groups is 1. The molecule has 1 nitrogen and oxygen atoms in total. The lowest BCUT2D eigenvalue weighted by molar-refractivity contribution is 0.182. The summed E-state index contributed by atoms with van der Waals surface area (Å²) in [6.45, 7) is 5.57. The molecule has 0 spiro atoms. The van der Waals surface area contributed by atoms with Crippen LogP contribution < -0.4 is 0 Å². The molecule has 0 fully saturated rings. The number of rotatable bonds is 9. The van der Waals surface area contributed by atoms with E-state index in [1.54, 1.807) is 6.07 Å². The van der Waals surface area contributed by atoms with Gasteiger partial charge < -0.3 is 5.11 Å². The summed E-state index contributed by atoms with van der Waals surface area (Å²) >= 11 is 0.